The van der Waals surface area contributed by atoms with Crippen molar-refractivity contribution in [3.63, 3.8) is 0 Å². The molecule has 8 nitrogen and oxygen atoms in total. The van der Waals surface area contributed by atoms with Crippen LogP contribution in [0.15, 0.2) is 48.7 Å². The van der Waals surface area contributed by atoms with Crippen molar-refractivity contribution in [1.29, 1.82) is 0 Å². The molecule has 1 aliphatic carbocycles. The van der Waals surface area contributed by atoms with E-state index in [1.54, 1.807) is 22.6 Å². The number of ether oxygens (including phenoxy) is 1. The molecule has 5 bridgehead atoms. The summed E-state index contributed by atoms with van der Waals surface area (Å²) in [5.74, 6) is -0.112. The number of sulfonamides is 1. The minimum absolute atomic E-state index is 0.124. The zero-order valence-corrected chi connectivity index (χ0v) is 22.4. The van der Waals surface area contributed by atoms with Gasteiger partial charge in [0, 0.05) is 37.1 Å². The van der Waals surface area contributed by atoms with Gasteiger partial charge in [-0.05, 0) is 67.6 Å². The lowest BCUT2D eigenvalue weighted by molar-refractivity contribution is 0.231. The van der Waals surface area contributed by atoms with Gasteiger partial charge in [-0.3, -0.25) is 15.0 Å². The molecule has 10 heteroatoms. The van der Waals surface area contributed by atoms with Crippen molar-refractivity contribution < 1.29 is 17.5 Å². The summed E-state index contributed by atoms with van der Waals surface area (Å²) >= 11 is 0. The second-order valence-electron chi connectivity index (χ2n) is 10.7. The summed E-state index contributed by atoms with van der Waals surface area (Å²) in [6.45, 7) is 3.37. The average Bonchev–Trinajstić information content (AvgIpc) is 3.72. The highest BCUT2D eigenvalue weighted by Gasteiger charge is 2.39. The molecule has 4 aromatic rings. The van der Waals surface area contributed by atoms with Crippen LogP contribution in [-0.4, -0.2) is 70.8 Å². The predicted molar refractivity (Wildman–Crippen MR) is 147 cm³/mol. The Morgan fingerprint density at radius 1 is 1.03 bits per heavy atom. The van der Waals surface area contributed by atoms with Crippen molar-refractivity contribution in [2.75, 3.05) is 32.8 Å². The first-order valence-corrected chi connectivity index (χ1v) is 15.1. The van der Waals surface area contributed by atoms with E-state index in [9.17, 15) is 8.42 Å². The van der Waals surface area contributed by atoms with E-state index in [0.29, 0.717) is 30.8 Å². The molecule has 1 atom stereocenters. The van der Waals surface area contributed by atoms with Gasteiger partial charge in [0.15, 0.2) is 0 Å². The van der Waals surface area contributed by atoms with Crippen LogP contribution in [-0.2, 0) is 23.0 Å². The number of halogens is 1. The van der Waals surface area contributed by atoms with E-state index < -0.39 is 15.8 Å². The van der Waals surface area contributed by atoms with Gasteiger partial charge in [-0.1, -0.05) is 18.2 Å². The Kier molecular flexibility index (Phi) is 6.13. The molecular formula is C29H30FN5O3S. The van der Waals surface area contributed by atoms with Crippen LogP contribution in [0.25, 0.3) is 33.4 Å². The van der Waals surface area contributed by atoms with Gasteiger partial charge < -0.3 is 4.74 Å². The molecule has 0 amide bonds. The second kappa shape index (κ2) is 9.69. The van der Waals surface area contributed by atoms with E-state index in [1.807, 2.05) is 6.07 Å². The first-order valence-electron chi connectivity index (χ1n) is 13.6. The monoisotopic (exact) mass is 547 g/mol. The van der Waals surface area contributed by atoms with Crippen LogP contribution >= 0.6 is 0 Å². The highest BCUT2D eigenvalue weighted by Crippen LogP contribution is 2.36. The van der Waals surface area contributed by atoms with E-state index in [1.165, 1.54) is 17.2 Å². The lowest BCUT2D eigenvalue weighted by Crippen LogP contribution is -2.39. The number of aromatic nitrogens is 3. The Morgan fingerprint density at radius 3 is 2.79 bits per heavy atom. The van der Waals surface area contributed by atoms with Gasteiger partial charge >= 0.3 is 0 Å². The highest BCUT2D eigenvalue weighted by molar-refractivity contribution is 7.90. The zero-order valence-electron chi connectivity index (χ0n) is 21.6. The number of pyridine rings is 1. The van der Waals surface area contributed by atoms with Crippen molar-refractivity contribution in [1.82, 2.24) is 24.4 Å². The van der Waals surface area contributed by atoms with Gasteiger partial charge in [-0.15, -0.1) is 0 Å². The molecule has 202 valence electrons. The third kappa shape index (κ3) is 4.60. The van der Waals surface area contributed by atoms with Gasteiger partial charge in [0.25, 0.3) is 0 Å². The number of fused-ring (bicyclic) bond motifs is 6. The number of H-pyrrole nitrogens is 1. The van der Waals surface area contributed by atoms with E-state index in [4.69, 9.17) is 4.74 Å². The summed E-state index contributed by atoms with van der Waals surface area (Å²) < 4.78 is 49.3. The number of nitrogens with one attached hydrogen (secondary N) is 1. The standard InChI is InChI=1S/C29H30FN5O3S/c30-24-3-1-4-27-28(24)25-16-23-26(17-31-25)32-33-29(23)20-6-5-19-9-12-34(18-21(19)15-20)10-2-11-35(13-14-38-27)39(36,37)22-7-8-22/h1,3-6,15-17,22H,2,7-14,18H2,(H,32,33). The Morgan fingerprint density at radius 2 is 1.92 bits per heavy atom. The van der Waals surface area contributed by atoms with Gasteiger partial charge in [0.1, 0.15) is 23.9 Å². The van der Waals surface area contributed by atoms with Crippen LogP contribution in [0, 0.1) is 5.82 Å². The maximum Gasteiger partial charge on any atom is 0.217 e. The molecule has 0 spiro atoms. The second-order valence-corrected chi connectivity index (χ2v) is 12.9. The molecular weight excluding hydrogens is 517 g/mol. The smallest absolute Gasteiger partial charge is 0.217 e. The lowest BCUT2D eigenvalue weighted by Gasteiger charge is -2.30. The van der Waals surface area contributed by atoms with E-state index in [0.717, 1.165) is 54.6 Å². The summed E-state index contributed by atoms with van der Waals surface area (Å²) in [6.07, 6.45) is 4.78. The molecule has 0 radical (unpaired) electrons. The minimum Gasteiger partial charge on any atom is -0.491 e. The molecule has 1 N–H and O–H groups in total. The molecule has 2 aromatic carbocycles. The summed E-state index contributed by atoms with van der Waals surface area (Å²) in [7, 11) is -3.38. The quantitative estimate of drug-likeness (QED) is 0.401. The first-order chi connectivity index (χ1) is 19.0. The van der Waals surface area contributed by atoms with Gasteiger partial charge in [0.05, 0.1) is 28.2 Å². The van der Waals surface area contributed by atoms with Crippen molar-refractivity contribution >= 4 is 20.9 Å². The van der Waals surface area contributed by atoms with Crippen LogP contribution < -0.4 is 4.74 Å². The fourth-order valence-electron chi connectivity index (χ4n) is 5.77. The third-order valence-corrected chi connectivity index (χ3v) is 10.4. The SMILES string of the molecule is O=S(=O)(C1CC1)N1CCCN2CCc3ccc(cc3C2)-c2n[nH]c3cnc(cc23)-c2c(F)cccc2OCC1. The molecule has 7 rings (SSSR count). The van der Waals surface area contributed by atoms with E-state index in [2.05, 4.69) is 38.3 Å². The molecule has 2 aromatic heterocycles. The molecule has 4 heterocycles. The van der Waals surface area contributed by atoms with Crippen molar-refractivity contribution in [3.8, 4) is 28.3 Å². The Labute approximate surface area is 226 Å². The highest BCUT2D eigenvalue weighted by atomic mass is 32.2. The number of benzene rings is 2. The fraction of sp³-hybridized carbons (Fsp3) is 0.379. The third-order valence-electron chi connectivity index (χ3n) is 8.04. The topological polar surface area (TPSA) is 91.4 Å². The molecule has 1 unspecified atom stereocenters. The molecule has 1 fully saturated rings. The van der Waals surface area contributed by atoms with Gasteiger partial charge in [-0.2, -0.15) is 9.40 Å². The van der Waals surface area contributed by atoms with Crippen molar-refractivity contribution in [3.05, 3.63) is 65.6 Å². The maximum atomic E-state index is 15.2. The zero-order chi connectivity index (χ0) is 26.6. The van der Waals surface area contributed by atoms with Crippen molar-refractivity contribution in [2.24, 2.45) is 0 Å². The number of nitrogens with zero attached hydrogens (tertiary/aromatic N) is 4. The van der Waals surface area contributed by atoms with Crippen LogP contribution in [0.1, 0.15) is 30.4 Å². The molecule has 1 saturated carbocycles. The van der Waals surface area contributed by atoms with Gasteiger partial charge in [-0.25, -0.2) is 12.8 Å². The fourth-order valence-corrected chi connectivity index (χ4v) is 7.64. The summed E-state index contributed by atoms with van der Waals surface area (Å²) in [5, 5.41) is 8.22. The van der Waals surface area contributed by atoms with Crippen LogP contribution in [0.2, 0.25) is 0 Å². The number of hydrogen-bond donors (Lipinski definition) is 1. The van der Waals surface area contributed by atoms with E-state index >= 15 is 4.39 Å². The Hall–Kier alpha value is -3.34. The van der Waals surface area contributed by atoms with Gasteiger partial charge in [0.2, 0.25) is 10.0 Å². The van der Waals surface area contributed by atoms with E-state index in [-0.39, 0.29) is 24.0 Å². The van der Waals surface area contributed by atoms with Crippen LogP contribution in [0.3, 0.4) is 0 Å². The molecule has 3 aliphatic rings. The number of hydrogen-bond acceptors (Lipinski definition) is 6. The Bertz CT molecular complexity index is 1670. The van der Waals surface area contributed by atoms with Crippen LogP contribution in [0.5, 0.6) is 5.75 Å². The Balaban J connectivity index is 1.32. The number of rotatable bonds is 2. The molecule has 2 aliphatic heterocycles. The normalized spacial score (nSPS) is 20.4. The largest absolute Gasteiger partial charge is 0.491 e. The summed E-state index contributed by atoms with van der Waals surface area (Å²) in [5.41, 5.74) is 5.84. The average molecular weight is 548 g/mol. The summed E-state index contributed by atoms with van der Waals surface area (Å²) in [6, 6.07) is 13.0. The molecule has 0 saturated heterocycles. The van der Waals surface area contributed by atoms with Crippen molar-refractivity contribution in [2.45, 2.75) is 37.5 Å². The summed E-state index contributed by atoms with van der Waals surface area (Å²) in [4.78, 5) is 6.92. The number of aromatic amines is 1. The maximum absolute atomic E-state index is 15.2. The first kappa shape index (κ1) is 24.7. The molecule has 39 heavy (non-hydrogen) atoms. The lowest BCUT2D eigenvalue weighted by atomic mass is 9.95. The minimum atomic E-state index is -3.38. The predicted octanol–water partition coefficient (Wildman–Crippen LogP) is 4.37. The van der Waals surface area contributed by atoms with Crippen LogP contribution in [0.4, 0.5) is 4.39 Å².